The Morgan fingerprint density at radius 2 is 2.50 bits per heavy atom. The highest BCUT2D eigenvalue weighted by atomic mass is 15.2. The van der Waals surface area contributed by atoms with E-state index in [9.17, 15) is 0 Å². The Labute approximate surface area is 58.9 Å². The molecule has 0 radical (unpaired) electrons. The molecule has 3 heteroatoms. The fraction of sp³-hybridized carbons (Fsp3) is 0.143. The standard InChI is InChI=1S/C7H5N3/c1-10-6-7(5-9-10)3-2-4-8/h5-6H,1H3. The van der Waals surface area contributed by atoms with Crippen molar-refractivity contribution in [2.24, 2.45) is 7.05 Å². The summed E-state index contributed by atoms with van der Waals surface area (Å²) in [6.07, 6.45) is 3.37. The van der Waals surface area contributed by atoms with Crippen molar-refractivity contribution >= 4 is 0 Å². The van der Waals surface area contributed by atoms with E-state index in [4.69, 9.17) is 5.26 Å². The fourth-order valence-corrected chi connectivity index (χ4v) is 0.586. The number of nitriles is 1. The van der Waals surface area contributed by atoms with Gasteiger partial charge in [-0.05, 0) is 5.92 Å². The minimum absolute atomic E-state index is 0.768. The van der Waals surface area contributed by atoms with Crippen molar-refractivity contribution in [1.29, 1.82) is 5.26 Å². The van der Waals surface area contributed by atoms with Crippen molar-refractivity contribution in [2.75, 3.05) is 0 Å². The zero-order valence-electron chi connectivity index (χ0n) is 5.50. The van der Waals surface area contributed by atoms with Crippen LogP contribution in [0.15, 0.2) is 12.4 Å². The first-order valence-corrected chi connectivity index (χ1v) is 2.71. The van der Waals surface area contributed by atoms with Gasteiger partial charge in [-0.1, -0.05) is 0 Å². The van der Waals surface area contributed by atoms with Crippen LogP contribution >= 0.6 is 0 Å². The number of rotatable bonds is 0. The third kappa shape index (κ3) is 1.37. The van der Waals surface area contributed by atoms with E-state index in [-0.39, 0.29) is 0 Å². The first kappa shape index (κ1) is 6.38. The molecule has 0 atom stereocenters. The highest BCUT2D eigenvalue weighted by molar-refractivity contribution is 5.34. The highest BCUT2D eigenvalue weighted by Crippen LogP contribution is 1.90. The molecule has 1 rings (SSSR count). The summed E-state index contributed by atoms with van der Waals surface area (Å²) in [5.41, 5.74) is 0.768. The molecule has 0 bridgehead atoms. The smallest absolute Gasteiger partial charge is 0.152 e. The van der Waals surface area contributed by atoms with Crippen LogP contribution in [0.5, 0.6) is 0 Å². The highest BCUT2D eigenvalue weighted by Gasteiger charge is 1.87. The molecule has 0 aliphatic carbocycles. The van der Waals surface area contributed by atoms with Crippen LogP contribution in [0.2, 0.25) is 0 Å². The van der Waals surface area contributed by atoms with Gasteiger partial charge < -0.3 is 0 Å². The molecular weight excluding hydrogens is 126 g/mol. The summed E-state index contributed by atoms with van der Waals surface area (Å²) >= 11 is 0. The molecule has 0 fully saturated rings. The lowest BCUT2D eigenvalue weighted by Gasteiger charge is -1.78. The molecule has 0 saturated carbocycles. The first-order chi connectivity index (χ1) is 4.83. The van der Waals surface area contributed by atoms with Gasteiger partial charge in [0.25, 0.3) is 0 Å². The summed E-state index contributed by atoms with van der Waals surface area (Å²) in [5.74, 6) is 4.90. The molecular formula is C7H5N3. The average molecular weight is 131 g/mol. The Bertz CT molecular complexity index is 319. The van der Waals surface area contributed by atoms with Gasteiger partial charge in [0, 0.05) is 19.2 Å². The fourth-order valence-electron chi connectivity index (χ4n) is 0.586. The van der Waals surface area contributed by atoms with E-state index in [1.54, 1.807) is 30.2 Å². The van der Waals surface area contributed by atoms with Gasteiger partial charge in [0.2, 0.25) is 0 Å². The molecule has 1 aromatic heterocycles. The first-order valence-electron chi connectivity index (χ1n) is 2.71. The van der Waals surface area contributed by atoms with E-state index in [0.717, 1.165) is 5.56 Å². The second-order valence-electron chi connectivity index (χ2n) is 1.76. The van der Waals surface area contributed by atoms with Crippen LogP contribution in [0.1, 0.15) is 5.56 Å². The molecule has 0 aliphatic heterocycles. The lowest BCUT2D eigenvalue weighted by molar-refractivity contribution is 0.767. The van der Waals surface area contributed by atoms with Crippen LogP contribution < -0.4 is 0 Å². The summed E-state index contributed by atoms with van der Waals surface area (Å²) in [4.78, 5) is 0. The van der Waals surface area contributed by atoms with Crippen LogP contribution in [0, 0.1) is 23.2 Å². The number of nitrogens with zero attached hydrogens (tertiary/aromatic N) is 3. The molecule has 0 aliphatic rings. The van der Waals surface area contributed by atoms with Crippen molar-refractivity contribution < 1.29 is 0 Å². The third-order valence-electron chi connectivity index (χ3n) is 0.968. The topological polar surface area (TPSA) is 41.6 Å². The van der Waals surface area contributed by atoms with Crippen molar-refractivity contribution in [3.63, 3.8) is 0 Å². The predicted octanol–water partition coefficient (Wildman–Crippen LogP) is 0.295. The normalized spacial score (nSPS) is 7.60. The summed E-state index contributed by atoms with van der Waals surface area (Å²) < 4.78 is 1.64. The molecule has 0 amide bonds. The van der Waals surface area contributed by atoms with Gasteiger partial charge in [0.05, 0.1) is 11.8 Å². The lowest BCUT2D eigenvalue weighted by Crippen LogP contribution is -1.83. The van der Waals surface area contributed by atoms with Crippen LogP contribution in [-0.4, -0.2) is 9.78 Å². The summed E-state index contributed by atoms with van der Waals surface area (Å²) in [5, 5.41) is 12.0. The number of hydrogen-bond acceptors (Lipinski definition) is 2. The van der Waals surface area contributed by atoms with Gasteiger partial charge in [-0.25, -0.2) is 0 Å². The van der Waals surface area contributed by atoms with E-state index >= 15 is 0 Å². The molecule has 1 heterocycles. The Hall–Kier alpha value is -1.74. The summed E-state index contributed by atoms with van der Waals surface area (Å²) in [6.45, 7) is 0. The van der Waals surface area contributed by atoms with Crippen LogP contribution in [0.4, 0.5) is 0 Å². The monoisotopic (exact) mass is 131 g/mol. The average Bonchev–Trinajstić information content (AvgIpc) is 2.31. The second-order valence-corrected chi connectivity index (χ2v) is 1.76. The van der Waals surface area contributed by atoms with E-state index in [1.165, 1.54) is 0 Å². The van der Waals surface area contributed by atoms with Crippen molar-refractivity contribution in [2.45, 2.75) is 0 Å². The predicted molar refractivity (Wildman–Crippen MR) is 35.7 cm³/mol. The minimum Gasteiger partial charge on any atom is -0.275 e. The second kappa shape index (κ2) is 2.70. The van der Waals surface area contributed by atoms with Gasteiger partial charge in [-0.3, -0.25) is 4.68 Å². The van der Waals surface area contributed by atoms with Crippen molar-refractivity contribution in [1.82, 2.24) is 9.78 Å². The molecule has 0 spiro atoms. The number of hydrogen-bond donors (Lipinski definition) is 0. The Morgan fingerprint density at radius 1 is 1.70 bits per heavy atom. The number of aryl methyl sites for hydroxylation is 1. The molecule has 10 heavy (non-hydrogen) atoms. The number of aromatic nitrogens is 2. The van der Waals surface area contributed by atoms with Crippen LogP contribution in [-0.2, 0) is 7.05 Å². The maximum atomic E-state index is 8.08. The van der Waals surface area contributed by atoms with Gasteiger partial charge in [-0.2, -0.15) is 10.4 Å². The molecule has 0 saturated heterocycles. The molecule has 3 nitrogen and oxygen atoms in total. The molecule has 0 N–H and O–H groups in total. The zero-order chi connectivity index (χ0) is 7.40. The van der Waals surface area contributed by atoms with Crippen LogP contribution in [0.25, 0.3) is 0 Å². The van der Waals surface area contributed by atoms with Gasteiger partial charge in [-0.15, -0.1) is 0 Å². The Balaban J connectivity index is 2.89. The van der Waals surface area contributed by atoms with Gasteiger partial charge >= 0.3 is 0 Å². The summed E-state index contributed by atoms with van der Waals surface area (Å²) in [7, 11) is 1.80. The largest absolute Gasteiger partial charge is 0.275 e. The molecule has 1 aromatic rings. The minimum atomic E-state index is 0.768. The molecule has 0 aromatic carbocycles. The van der Waals surface area contributed by atoms with Crippen molar-refractivity contribution in [3.8, 4) is 17.9 Å². The van der Waals surface area contributed by atoms with E-state index in [0.29, 0.717) is 0 Å². The SMILES string of the molecule is Cn1cc(C#CC#N)cn1. The maximum Gasteiger partial charge on any atom is 0.152 e. The Morgan fingerprint density at radius 3 is 3.00 bits per heavy atom. The van der Waals surface area contributed by atoms with Gasteiger partial charge in [0.1, 0.15) is 0 Å². The Kier molecular flexibility index (Phi) is 1.72. The maximum absolute atomic E-state index is 8.08. The van der Waals surface area contributed by atoms with E-state index in [2.05, 4.69) is 16.9 Å². The van der Waals surface area contributed by atoms with E-state index < -0.39 is 0 Å². The van der Waals surface area contributed by atoms with Crippen molar-refractivity contribution in [3.05, 3.63) is 18.0 Å². The van der Waals surface area contributed by atoms with E-state index in [1.807, 2.05) is 0 Å². The zero-order valence-corrected chi connectivity index (χ0v) is 5.50. The molecule has 0 unspecified atom stereocenters. The van der Waals surface area contributed by atoms with Crippen LogP contribution in [0.3, 0.4) is 0 Å². The quantitative estimate of drug-likeness (QED) is 0.475. The third-order valence-corrected chi connectivity index (χ3v) is 0.968. The summed E-state index contributed by atoms with van der Waals surface area (Å²) in [6, 6.07) is 1.73. The van der Waals surface area contributed by atoms with Gasteiger partial charge in [0.15, 0.2) is 6.07 Å². The molecule has 48 valence electrons. The lowest BCUT2D eigenvalue weighted by atomic mass is 10.4.